The number of hydrogen-bond acceptors (Lipinski definition) is 12. The van der Waals surface area contributed by atoms with Crippen molar-refractivity contribution in [2.75, 3.05) is 13.2 Å². The molecule has 0 unspecified atom stereocenters. The molecule has 0 N–H and O–H groups in total. The predicted octanol–water partition coefficient (Wildman–Crippen LogP) is 11.3. The molecule has 11 nitrogen and oxygen atoms in total. The number of benzene rings is 7. The molecule has 0 saturated carbocycles. The van der Waals surface area contributed by atoms with Crippen LogP contribution in [0.4, 0.5) is 0 Å². The van der Waals surface area contributed by atoms with Gasteiger partial charge in [0.05, 0.1) is 64.6 Å². The molecule has 74 heavy (non-hydrogen) atoms. The van der Waals surface area contributed by atoms with Crippen LogP contribution in [0, 0.1) is 0 Å². The second kappa shape index (κ2) is 28.6. The van der Waals surface area contributed by atoms with Crippen LogP contribution in [0.2, 0.25) is 0 Å². The number of hydrogen-bond donors (Lipinski definition) is 0. The van der Waals surface area contributed by atoms with E-state index in [9.17, 15) is 0 Å². The first-order valence-electron chi connectivity index (χ1n) is 25.2. The Balaban J connectivity index is 1.12. The normalized spacial score (nSPS) is 23.7. The Hall–Kier alpha value is -6.06. The van der Waals surface area contributed by atoms with Gasteiger partial charge in [0.1, 0.15) is 48.8 Å². The highest BCUT2D eigenvalue weighted by Crippen LogP contribution is 2.37. The summed E-state index contributed by atoms with van der Waals surface area (Å²) in [6.07, 6.45) is -8.50. The van der Waals surface area contributed by atoms with Gasteiger partial charge in [-0.25, -0.2) is 0 Å². The van der Waals surface area contributed by atoms with Gasteiger partial charge in [0.2, 0.25) is 0 Å². The first-order valence-corrected chi connectivity index (χ1v) is 25.6. The quantitative estimate of drug-likeness (QED) is 0.0382. The molecule has 7 aromatic rings. The number of aliphatic imine (C=N–C) groups is 1. The van der Waals surface area contributed by atoms with Crippen LogP contribution in [0.3, 0.4) is 0 Å². The molecular weight excluding hydrogens is 951 g/mol. The van der Waals surface area contributed by atoms with E-state index in [1.807, 2.05) is 212 Å². The van der Waals surface area contributed by atoms with E-state index in [2.05, 4.69) is 10.2 Å². The summed E-state index contributed by atoms with van der Waals surface area (Å²) in [4.78, 5) is 4.57. The Kier molecular flexibility index (Phi) is 20.4. The summed E-state index contributed by atoms with van der Waals surface area (Å²) in [5.41, 5.74) is 6.84. The van der Waals surface area contributed by atoms with Crippen LogP contribution in [0.15, 0.2) is 217 Å². The molecule has 0 aliphatic carbocycles. The maximum atomic E-state index is 7.51. The summed E-state index contributed by atoms with van der Waals surface area (Å²) in [5, 5.41) is 2.57. The van der Waals surface area contributed by atoms with Crippen molar-refractivity contribution in [2.45, 2.75) is 108 Å². The van der Waals surface area contributed by atoms with Crippen molar-refractivity contribution >= 4 is 17.4 Å². The molecule has 382 valence electrons. The minimum Gasteiger partial charge on any atom is -0.374 e. The molecule has 0 bridgehead atoms. The van der Waals surface area contributed by atoms with Crippen LogP contribution >= 0.6 is 12.2 Å². The minimum absolute atomic E-state index is 0.0855. The molecule has 10 atom stereocenters. The van der Waals surface area contributed by atoms with Crippen LogP contribution in [0.25, 0.3) is 0 Å². The van der Waals surface area contributed by atoms with Gasteiger partial charge in [-0.1, -0.05) is 212 Å². The number of thiocarbonyl (C=S) groups is 1. The highest BCUT2D eigenvalue weighted by Gasteiger charge is 2.54. The van der Waals surface area contributed by atoms with Crippen LogP contribution in [0.1, 0.15) is 38.9 Å². The molecule has 7 aromatic carbocycles. The third-order valence-electron chi connectivity index (χ3n) is 12.9. The zero-order valence-corrected chi connectivity index (χ0v) is 42.1. The van der Waals surface area contributed by atoms with Crippen molar-refractivity contribution in [3.8, 4) is 0 Å². The van der Waals surface area contributed by atoms with Gasteiger partial charge < -0.3 is 47.4 Å². The SMILES string of the molecule is S=C=N[C@@H]1O[C@H](COCc2ccccc2)[C@@H](O[C@H]2O[C@H](COCc3ccccc3)[C@@H](OCc3ccccc3)[C@H](OCc3ccccc3)[C@H]2OCc2ccccc2)[C@H](OCc2ccccc2)[C@H]1OCc1ccccc1. The fourth-order valence-corrected chi connectivity index (χ4v) is 9.23. The standard InChI is InChI=1S/C62H63NO10S/c74-45-63-61-59(69-41-51-32-18-6-19-33-51)58(68-40-50-30-16-5-17-31-50)56(54(71-61)44-65-37-47-24-10-2-11-25-47)73-62-60(70-42-52-34-20-7-21-35-52)57(67-39-49-28-14-4-15-29-49)55(66-38-48-26-12-3-13-27-48)53(72-62)43-64-36-46-22-8-1-9-23-46/h1-35,53-62H,36-44H2/t53-,54-,55-,56-,57+,58+,59-,60-,61-,62-/m1/s1. The van der Waals surface area contributed by atoms with Crippen molar-refractivity contribution in [1.29, 1.82) is 0 Å². The predicted molar refractivity (Wildman–Crippen MR) is 285 cm³/mol. The highest BCUT2D eigenvalue weighted by atomic mass is 32.1. The lowest BCUT2D eigenvalue weighted by Crippen LogP contribution is -2.66. The molecule has 2 aliphatic rings. The van der Waals surface area contributed by atoms with E-state index < -0.39 is 61.3 Å². The van der Waals surface area contributed by atoms with Crippen molar-refractivity contribution < 1.29 is 47.4 Å². The van der Waals surface area contributed by atoms with E-state index >= 15 is 0 Å². The van der Waals surface area contributed by atoms with Gasteiger partial charge in [0.25, 0.3) is 0 Å². The van der Waals surface area contributed by atoms with E-state index in [4.69, 9.17) is 59.6 Å². The summed E-state index contributed by atoms with van der Waals surface area (Å²) in [5.74, 6) is 0. The van der Waals surface area contributed by atoms with E-state index in [-0.39, 0.29) is 46.2 Å². The van der Waals surface area contributed by atoms with Crippen LogP contribution in [0.5, 0.6) is 0 Å². The Labute approximate surface area is 439 Å². The van der Waals surface area contributed by atoms with Gasteiger partial charge in [0.15, 0.2) is 12.5 Å². The van der Waals surface area contributed by atoms with Crippen LogP contribution in [-0.2, 0) is 93.6 Å². The van der Waals surface area contributed by atoms with Gasteiger partial charge in [-0.2, -0.15) is 4.99 Å². The maximum Gasteiger partial charge on any atom is 0.187 e. The van der Waals surface area contributed by atoms with Crippen molar-refractivity contribution in [2.24, 2.45) is 4.99 Å². The molecule has 12 heteroatoms. The van der Waals surface area contributed by atoms with Gasteiger partial charge in [0, 0.05) is 0 Å². The molecule has 9 rings (SSSR count). The second-order valence-corrected chi connectivity index (χ2v) is 18.4. The van der Waals surface area contributed by atoms with Crippen LogP contribution < -0.4 is 0 Å². The summed E-state index contributed by atoms with van der Waals surface area (Å²) in [6, 6.07) is 70.1. The average molecular weight is 1010 g/mol. The number of ether oxygens (including phenoxy) is 10. The summed E-state index contributed by atoms with van der Waals surface area (Å²) in [6.45, 7) is 2.08. The first-order chi connectivity index (χ1) is 36.7. The van der Waals surface area contributed by atoms with Crippen molar-refractivity contribution in [1.82, 2.24) is 0 Å². The highest BCUT2D eigenvalue weighted by molar-refractivity contribution is 7.78. The van der Waals surface area contributed by atoms with Gasteiger partial charge in [-0.15, -0.1) is 0 Å². The van der Waals surface area contributed by atoms with Gasteiger partial charge in [-0.3, -0.25) is 0 Å². The zero-order valence-electron chi connectivity index (χ0n) is 41.3. The number of rotatable bonds is 26. The lowest BCUT2D eigenvalue weighted by atomic mass is 9.95. The fourth-order valence-electron chi connectivity index (χ4n) is 9.13. The lowest BCUT2D eigenvalue weighted by molar-refractivity contribution is -0.363. The average Bonchev–Trinajstić information content (AvgIpc) is 3.45. The number of nitrogens with zero attached hydrogens (tertiary/aromatic N) is 1. The topological polar surface area (TPSA) is 105 Å². The third kappa shape index (κ3) is 15.5. The summed E-state index contributed by atoms with van der Waals surface area (Å²) >= 11 is 5.26. The molecule has 0 aromatic heterocycles. The van der Waals surface area contributed by atoms with Gasteiger partial charge in [-0.05, 0) is 51.2 Å². The number of isothiocyanates is 1. The fraction of sp³-hybridized carbons (Fsp3) is 0.306. The van der Waals surface area contributed by atoms with E-state index in [1.165, 1.54) is 0 Å². The molecule has 0 radical (unpaired) electrons. The molecule has 2 fully saturated rings. The minimum atomic E-state index is -1.12. The van der Waals surface area contributed by atoms with E-state index in [0.29, 0.717) is 13.2 Å². The Morgan fingerprint density at radius 3 is 1.00 bits per heavy atom. The van der Waals surface area contributed by atoms with Crippen molar-refractivity contribution in [3.63, 3.8) is 0 Å². The molecule has 2 aliphatic heterocycles. The Morgan fingerprint density at radius 2 is 0.635 bits per heavy atom. The zero-order chi connectivity index (χ0) is 50.4. The molecule has 2 heterocycles. The molecule has 0 amide bonds. The third-order valence-corrected chi connectivity index (χ3v) is 13.0. The summed E-state index contributed by atoms with van der Waals surface area (Å²) in [7, 11) is 0. The largest absolute Gasteiger partial charge is 0.374 e. The molecular formula is C62H63NO10S. The Morgan fingerprint density at radius 1 is 0.338 bits per heavy atom. The summed E-state index contributed by atoms with van der Waals surface area (Å²) < 4.78 is 69.8. The van der Waals surface area contributed by atoms with Crippen LogP contribution in [-0.4, -0.2) is 79.7 Å². The Bertz CT molecular complexity index is 2690. The van der Waals surface area contributed by atoms with E-state index in [0.717, 1.165) is 38.9 Å². The van der Waals surface area contributed by atoms with Gasteiger partial charge >= 0.3 is 0 Å². The van der Waals surface area contributed by atoms with E-state index in [1.54, 1.807) is 0 Å². The second-order valence-electron chi connectivity index (χ2n) is 18.2. The molecule has 2 saturated heterocycles. The lowest BCUT2D eigenvalue weighted by Gasteiger charge is -2.49. The monoisotopic (exact) mass is 1010 g/mol. The molecule has 0 spiro atoms. The first kappa shape index (κ1) is 52.8. The maximum absolute atomic E-state index is 7.51. The van der Waals surface area contributed by atoms with Crippen molar-refractivity contribution in [3.05, 3.63) is 251 Å². The smallest absolute Gasteiger partial charge is 0.187 e.